The molecule has 0 aromatic heterocycles. The average Bonchev–Trinajstić information content (AvgIpc) is 0. The van der Waals surface area contributed by atoms with Gasteiger partial charge in [0, 0.05) is 25.8 Å². The third-order valence-electron chi connectivity index (χ3n) is 0. The molecule has 0 aliphatic carbocycles. The van der Waals surface area contributed by atoms with Crippen molar-refractivity contribution in [1.82, 2.24) is 0 Å². The molecule has 0 aliphatic heterocycles. The molecular weight excluding hydrogens is 250 g/mol. The first-order valence-electron chi connectivity index (χ1n) is 0. The number of hydrogen-bond donors (Lipinski definition) is 0. The SMILES string of the molecule is O.[AlH3].[Hf].[SiH4]. The molecule has 2 N–H and O–H groups in total. The molecule has 0 saturated heterocycles. The van der Waals surface area contributed by atoms with Gasteiger partial charge in [0.1, 0.15) is 0 Å². The first-order chi connectivity index (χ1) is 0. The first-order valence-corrected chi connectivity index (χ1v) is 0. The molecule has 0 aromatic rings. The molecule has 4 heavy (non-hydrogen) atoms. The van der Waals surface area contributed by atoms with Crippen molar-refractivity contribution in [3.63, 3.8) is 0 Å². The Kier molecular flexibility index (Phi) is 276. The molecule has 0 aliphatic rings. The number of rotatable bonds is 0. The molecule has 4 heteroatoms. The van der Waals surface area contributed by atoms with Crippen LogP contribution in [0.3, 0.4) is 0 Å². The Morgan fingerprint density at radius 1 is 1.00 bits per heavy atom. The van der Waals surface area contributed by atoms with E-state index in [1.807, 2.05) is 0 Å². The molecule has 26 valence electrons. The van der Waals surface area contributed by atoms with Gasteiger partial charge in [-0.1, -0.05) is 0 Å². The molecule has 0 bridgehead atoms. The fraction of sp³-hybridized carbons (Fsp3) is 0. The van der Waals surface area contributed by atoms with E-state index < -0.39 is 0 Å². The van der Waals surface area contributed by atoms with Gasteiger partial charge >= 0.3 is 0 Å². The summed E-state index contributed by atoms with van der Waals surface area (Å²) in [7, 11) is 0. The van der Waals surface area contributed by atoms with E-state index in [0.717, 1.165) is 0 Å². The van der Waals surface area contributed by atoms with E-state index in [1.54, 1.807) is 0 Å². The van der Waals surface area contributed by atoms with Crippen LogP contribution >= 0.6 is 0 Å². The third kappa shape index (κ3) is 9.55. The Bertz CT molecular complexity index is 8.00. The second kappa shape index (κ2) is 23.5. The molecule has 0 rings (SSSR count). The topological polar surface area (TPSA) is 31.5 Å². The van der Waals surface area contributed by atoms with Crippen LogP contribution in [-0.2, 0) is 25.8 Å². The van der Waals surface area contributed by atoms with E-state index in [-0.39, 0.29) is 59.6 Å². The Morgan fingerprint density at radius 3 is 1.00 bits per heavy atom. The summed E-state index contributed by atoms with van der Waals surface area (Å²) in [4.78, 5) is 0. The van der Waals surface area contributed by atoms with Crippen LogP contribution in [0.25, 0.3) is 0 Å². The van der Waals surface area contributed by atoms with Crippen molar-refractivity contribution in [2.45, 2.75) is 0 Å². The summed E-state index contributed by atoms with van der Waals surface area (Å²) in [6.07, 6.45) is 0. The quantitative estimate of drug-likeness (QED) is 0.405. The molecule has 0 heterocycles. The van der Waals surface area contributed by atoms with Gasteiger partial charge in [-0.05, 0) is 11.0 Å². The van der Waals surface area contributed by atoms with E-state index in [0.29, 0.717) is 0 Å². The van der Waals surface area contributed by atoms with Crippen molar-refractivity contribution in [3.8, 4) is 0 Å². The summed E-state index contributed by atoms with van der Waals surface area (Å²) in [5.41, 5.74) is 0. The van der Waals surface area contributed by atoms with Crippen LogP contribution in [0.1, 0.15) is 0 Å². The van der Waals surface area contributed by atoms with Crippen LogP contribution in [0.5, 0.6) is 0 Å². The summed E-state index contributed by atoms with van der Waals surface area (Å²) in [6.45, 7) is 0. The van der Waals surface area contributed by atoms with Crippen LogP contribution in [0.4, 0.5) is 0 Å². The minimum Gasteiger partial charge on any atom is -0.412 e. The molecule has 0 fully saturated rings. The van der Waals surface area contributed by atoms with E-state index in [2.05, 4.69) is 0 Å². The van der Waals surface area contributed by atoms with Crippen molar-refractivity contribution in [2.75, 3.05) is 0 Å². The smallest absolute Gasteiger partial charge is 0.187 e. The van der Waals surface area contributed by atoms with Crippen LogP contribution in [0.15, 0.2) is 0 Å². The third-order valence-corrected chi connectivity index (χ3v) is 0. The van der Waals surface area contributed by atoms with Crippen LogP contribution in [0.2, 0.25) is 0 Å². The van der Waals surface area contributed by atoms with Gasteiger partial charge in [-0.2, -0.15) is 0 Å². The zero-order chi connectivity index (χ0) is 0. The molecule has 0 saturated carbocycles. The predicted octanol–water partition coefficient (Wildman–Crippen LogP) is -3.46. The molecule has 0 spiro atoms. The van der Waals surface area contributed by atoms with Crippen molar-refractivity contribution in [2.24, 2.45) is 0 Å². The van der Waals surface area contributed by atoms with Crippen molar-refractivity contribution >= 4 is 28.3 Å². The average molecular weight is 259 g/mol. The van der Waals surface area contributed by atoms with Crippen molar-refractivity contribution in [1.29, 1.82) is 0 Å². The molecule has 0 aromatic carbocycles. The van der Waals surface area contributed by atoms with E-state index in [1.165, 1.54) is 0 Å². The van der Waals surface area contributed by atoms with E-state index in [9.17, 15) is 0 Å². The van der Waals surface area contributed by atoms with Gasteiger partial charge in [0.25, 0.3) is 0 Å². The van der Waals surface area contributed by atoms with Crippen LogP contribution in [0, 0.1) is 0 Å². The van der Waals surface area contributed by atoms with Crippen molar-refractivity contribution < 1.29 is 31.3 Å². The summed E-state index contributed by atoms with van der Waals surface area (Å²) in [6, 6.07) is 0. The standard InChI is InChI=1S/Al.Hf.H2O.H4Si.3H/h;;1H2;1H4;;;. The molecule has 0 radical (unpaired) electrons. The molecule has 0 unspecified atom stereocenters. The van der Waals surface area contributed by atoms with E-state index in [4.69, 9.17) is 0 Å². The zero-order valence-corrected chi connectivity index (χ0v) is 4.59. The normalized spacial score (nSPS) is 0. The number of hydrogen-bond acceptors (Lipinski definition) is 0. The van der Waals surface area contributed by atoms with Gasteiger partial charge in [0.05, 0.1) is 0 Å². The molecule has 0 atom stereocenters. The maximum absolute atomic E-state index is 0. The monoisotopic (exact) mass is 260 g/mol. The summed E-state index contributed by atoms with van der Waals surface area (Å²) in [5, 5.41) is 0. The minimum atomic E-state index is 0. The van der Waals surface area contributed by atoms with Gasteiger partial charge in [0.2, 0.25) is 0 Å². The van der Waals surface area contributed by atoms with Gasteiger partial charge in [0.15, 0.2) is 17.4 Å². The van der Waals surface area contributed by atoms with E-state index >= 15 is 0 Å². The fourth-order valence-electron chi connectivity index (χ4n) is 0. The Hall–Kier alpha value is 1.58. The summed E-state index contributed by atoms with van der Waals surface area (Å²) in [5.74, 6) is 0. The van der Waals surface area contributed by atoms with Gasteiger partial charge in [-0.25, -0.2) is 0 Å². The summed E-state index contributed by atoms with van der Waals surface area (Å²) >= 11 is 0. The molecular formula is H9AlHfOSi. The predicted molar refractivity (Wildman–Crippen MR) is 24.9 cm³/mol. The zero-order valence-electron chi connectivity index (χ0n) is 1.00. The van der Waals surface area contributed by atoms with Crippen LogP contribution < -0.4 is 0 Å². The Morgan fingerprint density at radius 2 is 1.00 bits per heavy atom. The Labute approximate surface area is 59.4 Å². The maximum Gasteiger partial charge on any atom is 0.187 e. The summed E-state index contributed by atoms with van der Waals surface area (Å²) < 4.78 is 0. The maximum atomic E-state index is 0. The van der Waals surface area contributed by atoms with Gasteiger partial charge in [-0.3, -0.25) is 0 Å². The molecule has 0 amide bonds. The minimum absolute atomic E-state index is 0. The first kappa shape index (κ1) is 46.9. The van der Waals surface area contributed by atoms with Gasteiger partial charge < -0.3 is 5.48 Å². The van der Waals surface area contributed by atoms with Gasteiger partial charge in [-0.15, -0.1) is 0 Å². The molecule has 1 nitrogen and oxygen atoms in total. The fourth-order valence-corrected chi connectivity index (χ4v) is 0. The second-order valence-corrected chi connectivity index (χ2v) is 0. The Balaban J connectivity index is 0. The largest absolute Gasteiger partial charge is 0.412 e. The second-order valence-electron chi connectivity index (χ2n) is 0. The van der Waals surface area contributed by atoms with Crippen LogP contribution in [-0.4, -0.2) is 33.8 Å². The van der Waals surface area contributed by atoms with Crippen molar-refractivity contribution in [3.05, 3.63) is 0 Å².